The van der Waals surface area contributed by atoms with Crippen molar-refractivity contribution in [3.05, 3.63) is 0 Å². The highest BCUT2D eigenvalue weighted by molar-refractivity contribution is 7.86. The lowest BCUT2D eigenvalue weighted by atomic mass is 9.91. The molecule has 0 aromatic heterocycles. The maximum absolute atomic E-state index is 12.7. The number of hydrogen-bond donors (Lipinski definition) is 0. The molecule has 0 aromatic carbocycles. The van der Waals surface area contributed by atoms with Gasteiger partial charge in [-0.25, -0.2) is 8.78 Å². The Balaban J connectivity index is 2.71. The van der Waals surface area contributed by atoms with Crippen molar-refractivity contribution in [3.8, 4) is 0 Å². The Hall–Kier alpha value is -0.260. The molecule has 0 amide bonds. The summed E-state index contributed by atoms with van der Waals surface area (Å²) in [7, 11) is -4.65. The van der Waals surface area contributed by atoms with Crippen LogP contribution in [0.4, 0.5) is 12.7 Å². The van der Waals surface area contributed by atoms with E-state index in [-0.39, 0.29) is 12.8 Å². The second-order valence-corrected chi connectivity index (χ2v) is 5.39. The fourth-order valence-electron chi connectivity index (χ4n) is 1.83. The number of halogens is 3. The molecule has 0 saturated heterocycles. The van der Waals surface area contributed by atoms with E-state index in [9.17, 15) is 21.1 Å². The minimum Gasteiger partial charge on any atom is -0.207 e. The van der Waals surface area contributed by atoms with Crippen LogP contribution in [0.5, 0.6) is 0 Å². The predicted octanol–water partition coefficient (Wildman–Crippen LogP) is 2.11. The number of rotatable bonds is 2. The summed E-state index contributed by atoms with van der Waals surface area (Å²) >= 11 is 0. The lowest BCUT2D eigenvalue weighted by Crippen LogP contribution is -2.24. The Labute approximate surface area is 75.3 Å². The monoisotopic (exact) mass is 216 g/mol. The third kappa shape index (κ3) is 3.17. The summed E-state index contributed by atoms with van der Waals surface area (Å²) in [6.07, 6.45) is -0.828. The van der Waals surface area contributed by atoms with Gasteiger partial charge >= 0.3 is 10.2 Å². The van der Waals surface area contributed by atoms with Crippen LogP contribution in [0.1, 0.15) is 26.2 Å². The molecule has 0 aromatic rings. The molecule has 1 unspecified atom stereocenters. The van der Waals surface area contributed by atoms with Gasteiger partial charge in [-0.2, -0.15) is 8.42 Å². The van der Waals surface area contributed by atoms with Crippen LogP contribution in [-0.4, -0.2) is 20.1 Å². The molecule has 78 valence electrons. The molecule has 0 spiro atoms. The molecule has 0 radical (unpaired) electrons. The fraction of sp³-hybridized carbons (Fsp3) is 1.00. The van der Waals surface area contributed by atoms with Crippen LogP contribution in [0, 0.1) is 5.41 Å². The first-order valence-corrected chi connectivity index (χ1v) is 5.47. The molecular weight excluding hydrogens is 205 g/mol. The standard InChI is InChI=1S/C7H11F3O2S/c1-6(5-13(10,11)12)2-3-7(8,9)4-6/h2-5H2,1H3. The SMILES string of the molecule is CC1(CS(=O)(=O)F)CCC(F)(F)C1. The van der Waals surface area contributed by atoms with Gasteiger partial charge in [0, 0.05) is 12.8 Å². The molecule has 2 nitrogen and oxygen atoms in total. The molecule has 6 heteroatoms. The summed E-state index contributed by atoms with van der Waals surface area (Å²) in [5.74, 6) is -3.63. The van der Waals surface area contributed by atoms with Gasteiger partial charge in [0.15, 0.2) is 0 Å². The third-order valence-corrected chi connectivity index (χ3v) is 3.34. The summed E-state index contributed by atoms with van der Waals surface area (Å²) in [5, 5.41) is 0. The van der Waals surface area contributed by atoms with Gasteiger partial charge in [-0.05, 0) is 11.8 Å². The minimum atomic E-state index is -4.65. The summed E-state index contributed by atoms with van der Waals surface area (Å²) in [5.41, 5.74) is -1.10. The summed E-state index contributed by atoms with van der Waals surface area (Å²) in [4.78, 5) is 0. The summed E-state index contributed by atoms with van der Waals surface area (Å²) in [6, 6.07) is 0. The molecule has 13 heavy (non-hydrogen) atoms. The van der Waals surface area contributed by atoms with Crippen molar-refractivity contribution in [1.29, 1.82) is 0 Å². The van der Waals surface area contributed by atoms with Crippen molar-refractivity contribution in [2.75, 3.05) is 5.75 Å². The van der Waals surface area contributed by atoms with Crippen molar-refractivity contribution in [3.63, 3.8) is 0 Å². The van der Waals surface area contributed by atoms with Crippen molar-refractivity contribution < 1.29 is 21.1 Å². The minimum absolute atomic E-state index is 0.0587. The van der Waals surface area contributed by atoms with Crippen LogP contribution in [0.15, 0.2) is 0 Å². The van der Waals surface area contributed by atoms with Crippen LogP contribution >= 0.6 is 0 Å². The number of hydrogen-bond acceptors (Lipinski definition) is 2. The van der Waals surface area contributed by atoms with Gasteiger partial charge in [0.25, 0.3) is 0 Å². The van der Waals surface area contributed by atoms with E-state index in [0.29, 0.717) is 0 Å². The van der Waals surface area contributed by atoms with Crippen LogP contribution in [-0.2, 0) is 10.2 Å². The van der Waals surface area contributed by atoms with Gasteiger partial charge in [0.2, 0.25) is 5.92 Å². The van der Waals surface area contributed by atoms with E-state index < -0.39 is 33.7 Å². The van der Waals surface area contributed by atoms with E-state index in [1.54, 1.807) is 0 Å². The Morgan fingerprint density at radius 3 is 2.15 bits per heavy atom. The van der Waals surface area contributed by atoms with Crippen LogP contribution in [0.25, 0.3) is 0 Å². The van der Waals surface area contributed by atoms with Crippen LogP contribution in [0.2, 0.25) is 0 Å². The van der Waals surface area contributed by atoms with E-state index >= 15 is 0 Å². The molecule has 1 aliphatic rings. The molecule has 1 atom stereocenters. The molecule has 0 aliphatic heterocycles. The topological polar surface area (TPSA) is 34.1 Å². The lowest BCUT2D eigenvalue weighted by Gasteiger charge is -2.20. The summed E-state index contributed by atoms with van der Waals surface area (Å²) < 4.78 is 58.2. The van der Waals surface area contributed by atoms with Gasteiger partial charge in [-0.1, -0.05) is 6.92 Å². The smallest absolute Gasteiger partial charge is 0.207 e. The highest BCUT2D eigenvalue weighted by atomic mass is 32.3. The molecule has 1 fully saturated rings. The quantitative estimate of drug-likeness (QED) is 0.662. The van der Waals surface area contributed by atoms with E-state index in [4.69, 9.17) is 0 Å². The summed E-state index contributed by atoms with van der Waals surface area (Å²) in [6.45, 7) is 1.38. The van der Waals surface area contributed by atoms with E-state index in [1.807, 2.05) is 0 Å². The van der Waals surface area contributed by atoms with Gasteiger partial charge in [-0.3, -0.25) is 0 Å². The van der Waals surface area contributed by atoms with E-state index in [1.165, 1.54) is 6.92 Å². The van der Waals surface area contributed by atoms with Gasteiger partial charge in [0.05, 0.1) is 5.75 Å². The van der Waals surface area contributed by atoms with Crippen molar-refractivity contribution in [2.24, 2.45) is 5.41 Å². The zero-order valence-electron chi connectivity index (χ0n) is 7.19. The predicted molar refractivity (Wildman–Crippen MR) is 41.8 cm³/mol. The van der Waals surface area contributed by atoms with E-state index in [2.05, 4.69) is 0 Å². The van der Waals surface area contributed by atoms with Crippen molar-refractivity contribution in [1.82, 2.24) is 0 Å². The first-order chi connectivity index (χ1) is 5.62. The molecule has 1 aliphatic carbocycles. The second kappa shape index (κ2) is 2.87. The zero-order chi connectivity index (χ0) is 10.3. The molecule has 0 N–H and O–H groups in total. The molecule has 1 rings (SSSR count). The van der Waals surface area contributed by atoms with Gasteiger partial charge < -0.3 is 0 Å². The average Bonchev–Trinajstić information content (AvgIpc) is 2.00. The number of alkyl halides is 2. The van der Waals surface area contributed by atoms with Crippen LogP contribution in [0.3, 0.4) is 0 Å². The Morgan fingerprint density at radius 1 is 1.31 bits per heavy atom. The third-order valence-electron chi connectivity index (χ3n) is 2.30. The van der Waals surface area contributed by atoms with Crippen molar-refractivity contribution in [2.45, 2.75) is 32.1 Å². The highest BCUT2D eigenvalue weighted by Gasteiger charge is 2.48. The lowest BCUT2D eigenvalue weighted by molar-refractivity contribution is -0.000236. The largest absolute Gasteiger partial charge is 0.302 e. The Morgan fingerprint density at radius 2 is 1.85 bits per heavy atom. The first-order valence-electron chi connectivity index (χ1n) is 3.92. The maximum atomic E-state index is 12.7. The Kier molecular flexibility index (Phi) is 2.38. The Bertz CT molecular complexity index is 299. The fourth-order valence-corrected chi connectivity index (χ4v) is 2.90. The normalized spacial score (nSPS) is 33.5. The van der Waals surface area contributed by atoms with Gasteiger partial charge in [-0.15, -0.1) is 3.89 Å². The molecule has 0 heterocycles. The van der Waals surface area contributed by atoms with Crippen molar-refractivity contribution >= 4 is 10.2 Å². The van der Waals surface area contributed by atoms with E-state index in [0.717, 1.165) is 0 Å². The first kappa shape index (κ1) is 10.8. The zero-order valence-corrected chi connectivity index (χ0v) is 8.00. The van der Waals surface area contributed by atoms with Gasteiger partial charge in [0.1, 0.15) is 0 Å². The molecule has 1 saturated carbocycles. The highest BCUT2D eigenvalue weighted by Crippen LogP contribution is 2.47. The average molecular weight is 216 g/mol. The van der Waals surface area contributed by atoms with Crippen LogP contribution < -0.4 is 0 Å². The molecular formula is C7H11F3O2S. The second-order valence-electron chi connectivity index (χ2n) is 4.03. The maximum Gasteiger partial charge on any atom is 0.302 e. The molecule has 0 bridgehead atoms.